The lowest BCUT2D eigenvalue weighted by atomic mass is 10.1. The molecule has 0 bridgehead atoms. The summed E-state index contributed by atoms with van der Waals surface area (Å²) in [7, 11) is 1.25. The second kappa shape index (κ2) is 5.21. The smallest absolute Gasteiger partial charge is 0.329 e. The number of nitrogens with one attached hydrogen (secondary N) is 1. The maximum absolute atomic E-state index is 13.4. The van der Waals surface area contributed by atoms with Gasteiger partial charge in [-0.3, -0.25) is 0 Å². The zero-order valence-electron chi connectivity index (χ0n) is 10.7. The zero-order valence-corrected chi connectivity index (χ0v) is 10.7. The van der Waals surface area contributed by atoms with Crippen LogP contribution < -0.4 is 5.32 Å². The Morgan fingerprint density at radius 3 is 2.42 bits per heavy atom. The summed E-state index contributed by atoms with van der Waals surface area (Å²) in [5.41, 5.74) is -1.83. The first-order chi connectivity index (χ1) is 8.67. The zero-order chi connectivity index (χ0) is 14.8. The van der Waals surface area contributed by atoms with Gasteiger partial charge in [-0.25, -0.2) is 18.4 Å². The third kappa shape index (κ3) is 2.98. The number of carbonyl (C=O) groups is 2. The van der Waals surface area contributed by atoms with E-state index in [0.29, 0.717) is 0 Å². The van der Waals surface area contributed by atoms with Crippen LogP contribution in [0.4, 0.5) is 19.3 Å². The van der Waals surface area contributed by atoms with Gasteiger partial charge in [0.1, 0.15) is 5.54 Å². The van der Waals surface area contributed by atoms with Crippen LogP contribution in [0.2, 0.25) is 0 Å². The normalized spacial score (nSPS) is 11.0. The van der Waals surface area contributed by atoms with E-state index in [0.717, 1.165) is 11.0 Å². The molecule has 1 rings (SSSR count). The number of carboxylic acids is 1. The van der Waals surface area contributed by atoms with Gasteiger partial charge in [0.25, 0.3) is 0 Å². The van der Waals surface area contributed by atoms with Crippen molar-refractivity contribution in [2.75, 3.05) is 12.4 Å². The molecule has 5 nitrogen and oxygen atoms in total. The molecule has 0 aliphatic heterocycles. The molecule has 1 aromatic carbocycles. The first kappa shape index (κ1) is 14.9. The molecule has 104 valence electrons. The molecule has 7 heteroatoms. The number of rotatable bonds is 3. The van der Waals surface area contributed by atoms with E-state index in [9.17, 15) is 18.4 Å². The van der Waals surface area contributed by atoms with Crippen molar-refractivity contribution in [2.45, 2.75) is 19.4 Å². The first-order valence-corrected chi connectivity index (χ1v) is 5.40. The molecule has 0 saturated heterocycles. The van der Waals surface area contributed by atoms with E-state index in [1.54, 1.807) is 0 Å². The van der Waals surface area contributed by atoms with Crippen molar-refractivity contribution in [1.82, 2.24) is 4.90 Å². The highest BCUT2D eigenvalue weighted by molar-refractivity contribution is 5.93. The highest BCUT2D eigenvalue weighted by Crippen LogP contribution is 2.19. The van der Waals surface area contributed by atoms with E-state index in [-0.39, 0.29) is 5.69 Å². The van der Waals surface area contributed by atoms with Crippen molar-refractivity contribution in [3.8, 4) is 0 Å². The third-order valence-corrected chi connectivity index (χ3v) is 2.86. The average Bonchev–Trinajstić information content (AvgIpc) is 2.33. The van der Waals surface area contributed by atoms with Crippen LogP contribution in [0.15, 0.2) is 18.2 Å². The number of anilines is 1. The number of halogens is 2. The van der Waals surface area contributed by atoms with Crippen molar-refractivity contribution in [1.29, 1.82) is 0 Å². The quantitative estimate of drug-likeness (QED) is 0.887. The molecule has 1 aromatic rings. The summed E-state index contributed by atoms with van der Waals surface area (Å²) in [6, 6.07) is 2.47. The minimum Gasteiger partial charge on any atom is -0.480 e. The number of carbonyl (C=O) groups excluding carboxylic acids is 1. The highest BCUT2D eigenvalue weighted by atomic mass is 19.2. The van der Waals surface area contributed by atoms with E-state index in [1.165, 1.54) is 33.0 Å². The Balaban J connectivity index is 2.92. The second-order valence-electron chi connectivity index (χ2n) is 4.45. The number of carboxylic acid groups (broad SMARTS) is 1. The Kier molecular flexibility index (Phi) is 4.08. The predicted octanol–water partition coefficient (Wildman–Crippen LogP) is 2.29. The summed E-state index contributed by atoms with van der Waals surface area (Å²) in [6.07, 6.45) is 0. The number of benzene rings is 1. The number of aliphatic carboxylic acids is 1. The van der Waals surface area contributed by atoms with Gasteiger partial charge in [-0.1, -0.05) is 6.07 Å². The summed E-state index contributed by atoms with van der Waals surface area (Å²) < 4.78 is 26.3. The lowest BCUT2D eigenvalue weighted by Gasteiger charge is -2.31. The summed E-state index contributed by atoms with van der Waals surface area (Å²) in [6.45, 7) is 2.63. The lowest BCUT2D eigenvalue weighted by Crippen LogP contribution is -2.52. The maximum atomic E-state index is 13.4. The molecule has 19 heavy (non-hydrogen) atoms. The number of hydrogen-bond donors (Lipinski definition) is 2. The number of urea groups is 1. The summed E-state index contributed by atoms with van der Waals surface area (Å²) in [5.74, 6) is -3.51. The van der Waals surface area contributed by atoms with Crippen LogP contribution in [0.25, 0.3) is 0 Å². The van der Waals surface area contributed by atoms with Crippen LogP contribution in [0.5, 0.6) is 0 Å². The fourth-order valence-electron chi connectivity index (χ4n) is 1.20. The van der Waals surface area contributed by atoms with E-state index >= 15 is 0 Å². The highest BCUT2D eigenvalue weighted by Gasteiger charge is 2.35. The van der Waals surface area contributed by atoms with Crippen LogP contribution in [0.1, 0.15) is 13.8 Å². The number of likely N-dealkylation sites (N-methyl/N-ethyl adjacent to an activating group) is 1. The largest absolute Gasteiger partial charge is 0.480 e. The molecule has 0 unspecified atom stereocenters. The van der Waals surface area contributed by atoms with Crippen LogP contribution in [-0.2, 0) is 4.79 Å². The molecule has 0 heterocycles. The molecule has 0 spiro atoms. The monoisotopic (exact) mass is 272 g/mol. The van der Waals surface area contributed by atoms with E-state index in [2.05, 4.69) is 5.32 Å². The molecule has 0 atom stereocenters. The van der Waals surface area contributed by atoms with Crippen molar-refractivity contribution >= 4 is 17.7 Å². The van der Waals surface area contributed by atoms with E-state index in [4.69, 9.17) is 5.11 Å². The average molecular weight is 272 g/mol. The van der Waals surface area contributed by atoms with Crippen molar-refractivity contribution in [3.63, 3.8) is 0 Å². The Bertz CT molecular complexity index is 518. The van der Waals surface area contributed by atoms with Crippen LogP contribution in [0.3, 0.4) is 0 Å². The standard InChI is InChI=1S/C12H14F2N2O3/c1-12(2,10(17)18)16(3)11(19)15-8-6-4-5-7(13)9(8)14/h4-6H,1-3H3,(H,15,19)(H,17,18). The van der Waals surface area contributed by atoms with Gasteiger partial charge in [-0.2, -0.15) is 0 Å². The topological polar surface area (TPSA) is 69.6 Å². The number of amides is 2. The molecule has 0 aliphatic carbocycles. The Hall–Kier alpha value is -2.18. The van der Waals surface area contributed by atoms with E-state index < -0.39 is 29.2 Å². The summed E-state index contributed by atoms with van der Waals surface area (Å²) in [5, 5.41) is 11.1. The van der Waals surface area contributed by atoms with Gasteiger partial charge in [0.2, 0.25) is 0 Å². The van der Waals surface area contributed by atoms with Gasteiger partial charge in [-0.05, 0) is 26.0 Å². The van der Waals surface area contributed by atoms with Crippen LogP contribution in [-0.4, -0.2) is 34.6 Å². The van der Waals surface area contributed by atoms with Gasteiger partial charge in [-0.15, -0.1) is 0 Å². The molecule has 0 aromatic heterocycles. The fourth-order valence-corrected chi connectivity index (χ4v) is 1.20. The van der Waals surface area contributed by atoms with Gasteiger partial charge in [0.15, 0.2) is 11.6 Å². The van der Waals surface area contributed by atoms with Crippen molar-refractivity contribution in [3.05, 3.63) is 29.8 Å². The van der Waals surface area contributed by atoms with Gasteiger partial charge in [0.05, 0.1) is 5.69 Å². The Labute approximate surface area is 108 Å². The number of nitrogens with zero attached hydrogens (tertiary/aromatic N) is 1. The molecule has 2 N–H and O–H groups in total. The lowest BCUT2D eigenvalue weighted by molar-refractivity contribution is -0.146. The molecular formula is C12H14F2N2O3. The number of hydrogen-bond acceptors (Lipinski definition) is 2. The van der Waals surface area contributed by atoms with Crippen LogP contribution in [0, 0.1) is 11.6 Å². The molecule has 0 fully saturated rings. The molecule has 2 amide bonds. The molecule has 0 radical (unpaired) electrons. The molecule has 0 aliphatic rings. The Morgan fingerprint density at radius 1 is 1.32 bits per heavy atom. The second-order valence-corrected chi connectivity index (χ2v) is 4.45. The van der Waals surface area contributed by atoms with Crippen LogP contribution >= 0.6 is 0 Å². The molecule has 0 saturated carbocycles. The third-order valence-electron chi connectivity index (χ3n) is 2.86. The predicted molar refractivity (Wildman–Crippen MR) is 64.9 cm³/mol. The SMILES string of the molecule is CN(C(=O)Nc1cccc(F)c1F)C(C)(C)C(=O)O. The first-order valence-electron chi connectivity index (χ1n) is 5.40. The minimum absolute atomic E-state index is 0.349. The van der Waals surface area contributed by atoms with Gasteiger partial charge in [0, 0.05) is 7.05 Å². The van der Waals surface area contributed by atoms with Gasteiger partial charge >= 0.3 is 12.0 Å². The van der Waals surface area contributed by atoms with Crippen molar-refractivity contribution in [2.24, 2.45) is 0 Å². The van der Waals surface area contributed by atoms with Crippen molar-refractivity contribution < 1.29 is 23.5 Å². The van der Waals surface area contributed by atoms with Gasteiger partial charge < -0.3 is 15.3 Å². The molecular weight excluding hydrogens is 258 g/mol. The minimum atomic E-state index is -1.48. The maximum Gasteiger partial charge on any atom is 0.329 e. The van der Waals surface area contributed by atoms with E-state index in [1.807, 2.05) is 0 Å². The fraction of sp³-hybridized carbons (Fsp3) is 0.333. The Morgan fingerprint density at radius 2 is 1.89 bits per heavy atom. The summed E-state index contributed by atoms with van der Waals surface area (Å²) >= 11 is 0. The summed E-state index contributed by atoms with van der Waals surface area (Å²) in [4.78, 5) is 23.7.